The van der Waals surface area contributed by atoms with Gasteiger partial charge in [-0.25, -0.2) is 4.98 Å². The van der Waals surface area contributed by atoms with Crippen LogP contribution in [0.2, 0.25) is 0 Å². The van der Waals surface area contributed by atoms with Gasteiger partial charge >= 0.3 is 5.69 Å². The molecule has 0 atom stereocenters. The number of rotatable bonds is 5. The molecule has 1 heterocycles. The van der Waals surface area contributed by atoms with Crippen molar-refractivity contribution in [3.8, 4) is 5.88 Å². The molecular formula is C14H15N3O3S. The molecule has 0 aliphatic carbocycles. The number of nitro groups is 1. The molecule has 0 spiro atoms. The molecule has 0 radical (unpaired) electrons. The maximum atomic E-state index is 11.3. The molecule has 1 aromatic carbocycles. The van der Waals surface area contributed by atoms with E-state index in [2.05, 4.69) is 9.97 Å². The van der Waals surface area contributed by atoms with Crippen LogP contribution < -0.4 is 4.74 Å². The largest absolute Gasteiger partial charge is 0.470 e. The van der Waals surface area contributed by atoms with E-state index in [1.807, 2.05) is 31.2 Å². The zero-order valence-corrected chi connectivity index (χ0v) is 12.8. The molecule has 0 N–H and O–H groups in total. The first kappa shape index (κ1) is 15.2. The minimum atomic E-state index is -0.506. The molecule has 6 nitrogen and oxygen atoms in total. The highest BCUT2D eigenvalue weighted by Gasteiger charge is 2.25. The maximum absolute atomic E-state index is 11.3. The third-order valence-electron chi connectivity index (χ3n) is 2.52. The lowest BCUT2D eigenvalue weighted by molar-refractivity contribution is -0.389. The Bertz CT molecular complexity index is 644. The van der Waals surface area contributed by atoms with Crippen molar-refractivity contribution in [1.82, 2.24) is 9.97 Å². The standard InChI is InChI=1S/C14H15N3O3S/c1-9(2)20-13-12(17(18)19)14(16-8-15-13)21-11-6-4-10(3)5-7-11/h4-9H,1-3H3. The number of hydrogen-bond acceptors (Lipinski definition) is 6. The van der Waals surface area contributed by atoms with E-state index >= 15 is 0 Å². The molecule has 0 amide bonds. The zero-order chi connectivity index (χ0) is 15.4. The van der Waals surface area contributed by atoms with E-state index in [-0.39, 0.29) is 22.7 Å². The first-order valence-corrected chi connectivity index (χ1v) is 7.19. The normalized spacial score (nSPS) is 10.7. The van der Waals surface area contributed by atoms with Crippen LogP contribution >= 0.6 is 11.8 Å². The van der Waals surface area contributed by atoms with Gasteiger partial charge in [-0.1, -0.05) is 29.5 Å². The Morgan fingerprint density at radius 1 is 1.24 bits per heavy atom. The van der Waals surface area contributed by atoms with E-state index < -0.39 is 4.92 Å². The lowest BCUT2D eigenvalue weighted by Crippen LogP contribution is -2.10. The van der Waals surface area contributed by atoms with Crippen molar-refractivity contribution in [3.05, 3.63) is 46.3 Å². The lowest BCUT2D eigenvalue weighted by Gasteiger charge is -2.10. The Balaban J connectivity index is 2.38. The first-order valence-electron chi connectivity index (χ1n) is 6.38. The Kier molecular flexibility index (Phi) is 4.74. The summed E-state index contributed by atoms with van der Waals surface area (Å²) in [5.74, 6) is -0.000360. The Morgan fingerprint density at radius 3 is 2.48 bits per heavy atom. The van der Waals surface area contributed by atoms with Gasteiger partial charge in [-0.3, -0.25) is 10.1 Å². The lowest BCUT2D eigenvalue weighted by atomic mass is 10.2. The molecule has 0 aliphatic rings. The van der Waals surface area contributed by atoms with Gasteiger partial charge in [-0.05, 0) is 32.9 Å². The van der Waals surface area contributed by atoms with E-state index in [4.69, 9.17) is 4.74 Å². The quantitative estimate of drug-likeness (QED) is 0.477. The topological polar surface area (TPSA) is 78.2 Å². The number of ether oxygens (including phenoxy) is 1. The van der Waals surface area contributed by atoms with E-state index in [0.717, 1.165) is 10.5 Å². The second-order valence-corrected chi connectivity index (χ2v) is 5.73. The Morgan fingerprint density at radius 2 is 1.90 bits per heavy atom. The molecule has 0 aliphatic heterocycles. The van der Waals surface area contributed by atoms with Crippen LogP contribution in [0.1, 0.15) is 19.4 Å². The van der Waals surface area contributed by atoms with Gasteiger partial charge in [-0.15, -0.1) is 0 Å². The highest BCUT2D eigenvalue weighted by atomic mass is 32.2. The second kappa shape index (κ2) is 6.53. The molecule has 0 saturated carbocycles. The summed E-state index contributed by atoms with van der Waals surface area (Å²) in [4.78, 5) is 19.6. The Labute approximate surface area is 126 Å². The van der Waals surface area contributed by atoms with Crippen molar-refractivity contribution < 1.29 is 9.66 Å². The summed E-state index contributed by atoms with van der Waals surface area (Å²) >= 11 is 1.22. The van der Waals surface area contributed by atoms with Crippen molar-refractivity contribution in [3.63, 3.8) is 0 Å². The summed E-state index contributed by atoms with van der Waals surface area (Å²) in [6.45, 7) is 5.56. The molecule has 21 heavy (non-hydrogen) atoms. The van der Waals surface area contributed by atoms with Gasteiger partial charge in [-0.2, -0.15) is 4.98 Å². The minimum absolute atomic E-state index is 0.000360. The number of aromatic nitrogens is 2. The maximum Gasteiger partial charge on any atom is 0.363 e. The summed E-state index contributed by atoms with van der Waals surface area (Å²) in [6, 6.07) is 7.69. The summed E-state index contributed by atoms with van der Waals surface area (Å²) in [5.41, 5.74) is 0.928. The molecule has 2 aromatic rings. The first-order chi connectivity index (χ1) is 9.97. The molecule has 0 saturated heterocycles. The fourth-order valence-electron chi connectivity index (χ4n) is 1.61. The molecule has 2 rings (SSSR count). The predicted molar refractivity (Wildman–Crippen MR) is 79.8 cm³/mol. The molecule has 0 fully saturated rings. The smallest absolute Gasteiger partial charge is 0.363 e. The van der Waals surface area contributed by atoms with Crippen LogP contribution in [-0.4, -0.2) is 21.0 Å². The average Bonchev–Trinajstić information content (AvgIpc) is 2.40. The van der Waals surface area contributed by atoms with E-state index in [9.17, 15) is 10.1 Å². The number of nitrogens with zero attached hydrogens (tertiary/aromatic N) is 3. The van der Waals surface area contributed by atoms with Crippen LogP contribution in [-0.2, 0) is 0 Å². The summed E-state index contributed by atoms with van der Waals surface area (Å²) < 4.78 is 5.40. The van der Waals surface area contributed by atoms with Crippen molar-refractivity contribution in [2.24, 2.45) is 0 Å². The van der Waals surface area contributed by atoms with Gasteiger partial charge in [0.2, 0.25) is 0 Å². The van der Waals surface area contributed by atoms with Crippen LogP contribution in [0.3, 0.4) is 0 Å². The molecular weight excluding hydrogens is 290 g/mol. The third kappa shape index (κ3) is 3.91. The van der Waals surface area contributed by atoms with Crippen LogP contribution in [0.25, 0.3) is 0 Å². The minimum Gasteiger partial charge on any atom is -0.470 e. The fraction of sp³-hybridized carbons (Fsp3) is 0.286. The van der Waals surface area contributed by atoms with Crippen LogP contribution in [0.15, 0.2) is 40.5 Å². The molecule has 110 valence electrons. The molecule has 0 bridgehead atoms. The predicted octanol–water partition coefficient (Wildman–Crippen LogP) is 3.63. The van der Waals surface area contributed by atoms with Crippen LogP contribution in [0.4, 0.5) is 5.69 Å². The van der Waals surface area contributed by atoms with Crippen molar-refractivity contribution in [2.45, 2.75) is 36.8 Å². The number of benzene rings is 1. The van der Waals surface area contributed by atoms with Gasteiger partial charge in [0, 0.05) is 4.90 Å². The number of aryl methyl sites for hydroxylation is 1. The van der Waals surface area contributed by atoms with Gasteiger partial charge < -0.3 is 4.74 Å². The van der Waals surface area contributed by atoms with Crippen molar-refractivity contribution in [1.29, 1.82) is 0 Å². The summed E-state index contributed by atoms with van der Waals surface area (Å²) in [7, 11) is 0. The molecule has 7 heteroatoms. The van der Waals surface area contributed by atoms with Crippen LogP contribution in [0, 0.1) is 17.0 Å². The van der Waals surface area contributed by atoms with E-state index in [1.165, 1.54) is 18.1 Å². The van der Waals surface area contributed by atoms with Gasteiger partial charge in [0.05, 0.1) is 11.0 Å². The molecule has 1 aromatic heterocycles. The fourth-order valence-corrected chi connectivity index (χ4v) is 2.46. The SMILES string of the molecule is Cc1ccc(Sc2ncnc(OC(C)C)c2[N+](=O)[O-])cc1. The zero-order valence-electron chi connectivity index (χ0n) is 11.9. The highest BCUT2D eigenvalue weighted by molar-refractivity contribution is 7.99. The van der Waals surface area contributed by atoms with Gasteiger partial charge in [0.1, 0.15) is 6.33 Å². The monoisotopic (exact) mass is 305 g/mol. The number of hydrogen-bond donors (Lipinski definition) is 0. The van der Waals surface area contributed by atoms with Gasteiger partial charge in [0.15, 0.2) is 5.03 Å². The second-order valence-electron chi connectivity index (χ2n) is 4.67. The van der Waals surface area contributed by atoms with E-state index in [0.29, 0.717) is 0 Å². The average molecular weight is 305 g/mol. The third-order valence-corrected chi connectivity index (χ3v) is 3.52. The van der Waals surface area contributed by atoms with Crippen molar-refractivity contribution >= 4 is 17.4 Å². The van der Waals surface area contributed by atoms with E-state index in [1.54, 1.807) is 13.8 Å². The van der Waals surface area contributed by atoms with Crippen LogP contribution in [0.5, 0.6) is 5.88 Å². The Hall–Kier alpha value is -2.15. The molecule has 0 unspecified atom stereocenters. The van der Waals surface area contributed by atoms with Gasteiger partial charge in [0.25, 0.3) is 5.88 Å². The highest BCUT2D eigenvalue weighted by Crippen LogP contribution is 2.37. The summed E-state index contributed by atoms with van der Waals surface area (Å²) in [6.07, 6.45) is 1.08. The van der Waals surface area contributed by atoms with Crippen molar-refractivity contribution in [2.75, 3.05) is 0 Å². The summed E-state index contributed by atoms with van der Waals surface area (Å²) in [5, 5.41) is 11.6.